The van der Waals surface area contributed by atoms with Gasteiger partial charge in [0.05, 0.1) is 15.9 Å². The van der Waals surface area contributed by atoms with Crippen LogP contribution < -0.4 is 0 Å². The van der Waals surface area contributed by atoms with Gasteiger partial charge >= 0.3 is 0 Å². The molecule has 2 fully saturated rings. The molecule has 0 aromatic carbocycles. The molecule has 0 bridgehead atoms. The molecule has 3 heterocycles. The summed E-state index contributed by atoms with van der Waals surface area (Å²) in [5.41, 5.74) is 2.46. The van der Waals surface area contributed by atoms with Crippen LogP contribution in [-0.2, 0) is 9.47 Å². The van der Waals surface area contributed by atoms with E-state index in [2.05, 4.69) is 26.1 Å². The van der Waals surface area contributed by atoms with E-state index in [1.54, 1.807) is 0 Å². The lowest BCUT2D eigenvalue weighted by atomic mass is 9.93. The number of hydrogen-bond acceptors (Lipinski definition) is 3. The number of rotatable bonds is 2. The van der Waals surface area contributed by atoms with Gasteiger partial charge in [-0.1, -0.05) is 0 Å². The maximum Gasteiger partial charge on any atom is 0.0799 e. The van der Waals surface area contributed by atoms with Gasteiger partial charge < -0.3 is 9.47 Å². The summed E-state index contributed by atoms with van der Waals surface area (Å²) in [6, 6.07) is 0. The molecule has 100 valence electrons. The van der Waals surface area contributed by atoms with Crippen molar-refractivity contribution in [2.24, 2.45) is 0 Å². The fourth-order valence-electron chi connectivity index (χ4n) is 2.85. The van der Waals surface area contributed by atoms with Crippen LogP contribution in [0, 0.1) is 0 Å². The number of hydrogen-bond donors (Lipinski definition) is 1. The number of nitrogens with one attached hydrogen (secondary N) is 1. The molecule has 3 rings (SSSR count). The smallest absolute Gasteiger partial charge is 0.0799 e. The lowest BCUT2D eigenvalue weighted by Gasteiger charge is -2.22. The van der Waals surface area contributed by atoms with Crippen molar-refractivity contribution >= 4 is 15.9 Å². The van der Waals surface area contributed by atoms with Crippen molar-refractivity contribution in [3.63, 3.8) is 0 Å². The van der Waals surface area contributed by atoms with Gasteiger partial charge in [0, 0.05) is 38.3 Å². The molecule has 18 heavy (non-hydrogen) atoms. The first kappa shape index (κ1) is 12.6. The fourth-order valence-corrected chi connectivity index (χ4v) is 3.68. The van der Waals surface area contributed by atoms with Crippen molar-refractivity contribution in [2.45, 2.75) is 37.5 Å². The zero-order chi connectivity index (χ0) is 12.4. The Morgan fingerprint density at radius 2 is 1.50 bits per heavy atom. The minimum Gasteiger partial charge on any atom is -0.381 e. The molecule has 0 unspecified atom stereocenters. The molecule has 0 aliphatic carbocycles. The molecule has 0 atom stereocenters. The molecule has 0 saturated carbocycles. The second kappa shape index (κ2) is 5.72. The van der Waals surface area contributed by atoms with E-state index in [4.69, 9.17) is 9.47 Å². The predicted molar refractivity (Wildman–Crippen MR) is 71.9 cm³/mol. The third-order valence-electron chi connectivity index (χ3n) is 4.00. The van der Waals surface area contributed by atoms with Crippen LogP contribution in [-0.4, -0.2) is 36.6 Å². The van der Waals surface area contributed by atoms with E-state index in [1.807, 2.05) is 0 Å². The molecule has 1 aromatic rings. The number of halogens is 1. The first-order valence-corrected chi connectivity index (χ1v) is 7.54. The van der Waals surface area contributed by atoms with Crippen molar-refractivity contribution in [1.82, 2.24) is 10.2 Å². The van der Waals surface area contributed by atoms with Gasteiger partial charge in [-0.25, -0.2) is 0 Å². The molecule has 0 radical (unpaired) electrons. The average Bonchev–Trinajstić information content (AvgIpc) is 2.83. The van der Waals surface area contributed by atoms with Gasteiger partial charge in [-0.15, -0.1) is 0 Å². The van der Waals surface area contributed by atoms with Gasteiger partial charge in [0.25, 0.3) is 0 Å². The normalized spacial score (nSPS) is 23.4. The van der Waals surface area contributed by atoms with Crippen LogP contribution in [0.1, 0.15) is 48.9 Å². The topological polar surface area (TPSA) is 47.1 Å². The van der Waals surface area contributed by atoms with Gasteiger partial charge in [-0.3, -0.25) is 5.10 Å². The van der Waals surface area contributed by atoms with E-state index in [9.17, 15) is 0 Å². The van der Waals surface area contributed by atoms with E-state index in [-0.39, 0.29) is 0 Å². The van der Waals surface area contributed by atoms with Crippen molar-refractivity contribution in [2.75, 3.05) is 26.4 Å². The number of nitrogens with zero attached hydrogens (tertiary/aromatic N) is 1. The van der Waals surface area contributed by atoms with Crippen LogP contribution in [0.3, 0.4) is 0 Å². The van der Waals surface area contributed by atoms with Gasteiger partial charge in [-0.2, -0.15) is 5.10 Å². The zero-order valence-corrected chi connectivity index (χ0v) is 12.0. The maximum absolute atomic E-state index is 5.42. The average molecular weight is 315 g/mol. The van der Waals surface area contributed by atoms with Crippen LogP contribution in [0.5, 0.6) is 0 Å². The second-order valence-electron chi connectivity index (χ2n) is 5.11. The van der Waals surface area contributed by atoms with Gasteiger partial charge in [0.15, 0.2) is 0 Å². The Kier molecular flexibility index (Phi) is 4.01. The van der Waals surface area contributed by atoms with Crippen molar-refractivity contribution in [3.05, 3.63) is 15.9 Å². The zero-order valence-electron chi connectivity index (χ0n) is 10.5. The van der Waals surface area contributed by atoms with Crippen LogP contribution in [0.2, 0.25) is 0 Å². The maximum atomic E-state index is 5.42. The van der Waals surface area contributed by atoms with E-state index in [0.717, 1.165) is 52.1 Å². The highest BCUT2D eigenvalue weighted by Crippen LogP contribution is 2.37. The number of aromatic nitrogens is 2. The first-order chi connectivity index (χ1) is 8.86. The highest BCUT2D eigenvalue weighted by molar-refractivity contribution is 9.10. The monoisotopic (exact) mass is 314 g/mol. The molecule has 4 nitrogen and oxygen atoms in total. The van der Waals surface area contributed by atoms with Crippen molar-refractivity contribution in [3.8, 4) is 0 Å². The first-order valence-electron chi connectivity index (χ1n) is 6.75. The Hall–Kier alpha value is -0.390. The summed E-state index contributed by atoms with van der Waals surface area (Å²) in [7, 11) is 0. The minimum absolute atomic E-state index is 0.540. The lowest BCUT2D eigenvalue weighted by Crippen LogP contribution is -2.15. The van der Waals surface area contributed by atoms with E-state index >= 15 is 0 Å². The van der Waals surface area contributed by atoms with Crippen molar-refractivity contribution in [1.29, 1.82) is 0 Å². The van der Waals surface area contributed by atoms with Gasteiger partial charge in [-0.05, 0) is 41.6 Å². The molecule has 2 aliphatic heterocycles. The van der Waals surface area contributed by atoms with Gasteiger partial charge in [0.2, 0.25) is 0 Å². The third kappa shape index (κ3) is 2.49. The quantitative estimate of drug-likeness (QED) is 0.913. The number of H-pyrrole nitrogens is 1. The summed E-state index contributed by atoms with van der Waals surface area (Å²) < 4.78 is 12.0. The highest BCUT2D eigenvalue weighted by atomic mass is 79.9. The minimum atomic E-state index is 0.540. The van der Waals surface area contributed by atoms with Crippen LogP contribution in [0.25, 0.3) is 0 Å². The summed E-state index contributed by atoms with van der Waals surface area (Å²) >= 11 is 3.75. The van der Waals surface area contributed by atoms with Crippen LogP contribution in [0.4, 0.5) is 0 Å². The molecule has 0 spiro atoms. The molecule has 5 heteroatoms. The lowest BCUT2D eigenvalue weighted by molar-refractivity contribution is 0.0839. The van der Waals surface area contributed by atoms with E-state index in [0.29, 0.717) is 11.8 Å². The third-order valence-corrected chi connectivity index (χ3v) is 4.83. The summed E-state index contributed by atoms with van der Waals surface area (Å²) in [5, 5.41) is 7.79. The fraction of sp³-hybridized carbons (Fsp3) is 0.769. The van der Waals surface area contributed by atoms with Crippen LogP contribution in [0.15, 0.2) is 4.47 Å². The summed E-state index contributed by atoms with van der Waals surface area (Å²) in [6.07, 6.45) is 4.34. The van der Waals surface area contributed by atoms with Gasteiger partial charge in [0.1, 0.15) is 0 Å². The Balaban J connectivity index is 1.78. The Morgan fingerprint density at radius 3 is 2.11 bits per heavy atom. The Labute approximate surface area is 116 Å². The molecular weight excluding hydrogens is 296 g/mol. The number of ether oxygens (including phenoxy) is 2. The number of aromatic amines is 1. The second-order valence-corrected chi connectivity index (χ2v) is 5.90. The highest BCUT2D eigenvalue weighted by Gasteiger charge is 2.26. The summed E-state index contributed by atoms with van der Waals surface area (Å²) in [6.45, 7) is 3.44. The van der Waals surface area contributed by atoms with E-state index < -0.39 is 0 Å². The standard InChI is InChI=1S/C13H19BrN2O2/c14-11-12(9-1-5-17-6-2-9)15-16-13(11)10-3-7-18-8-4-10/h9-10H,1-8H2,(H,15,16). The molecule has 2 saturated heterocycles. The molecular formula is C13H19BrN2O2. The summed E-state index contributed by atoms with van der Waals surface area (Å²) in [4.78, 5) is 0. The van der Waals surface area contributed by atoms with Crippen LogP contribution >= 0.6 is 15.9 Å². The molecule has 1 N–H and O–H groups in total. The Bertz CT molecular complexity index is 360. The molecule has 2 aliphatic rings. The Morgan fingerprint density at radius 1 is 0.944 bits per heavy atom. The molecule has 0 amide bonds. The van der Waals surface area contributed by atoms with Crippen molar-refractivity contribution < 1.29 is 9.47 Å². The van der Waals surface area contributed by atoms with E-state index in [1.165, 1.54) is 15.9 Å². The largest absolute Gasteiger partial charge is 0.381 e. The molecule has 1 aromatic heterocycles. The summed E-state index contributed by atoms with van der Waals surface area (Å²) in [5.74, 6) is 1.10. The predicted octanol–water partition coefficient (Wildman–Crippen LogP) is 2.96. The SMILES string of the molecule is Brc1c(C2CCOCC2)n[nH]c1C1CCOCC1.